The Bertz CT molecular complexity index is 750. The molecule has 1 aromatic rings. The number of nitrogens with two attached hydrogens (primary N) is 2. The standard InChI is InChI=1S/C13H21N3O4S.C2HF3O2/c1-21(17,18)20-8-3-2-7-19-12-6-4-5-11(9-12)10-16-13(14)15;3-2(4,5)1(6)7/h4-6,9H,2-3,7-8,10H2,1H3,(H4,14,15,16);(H,6,7). The average Bonchev–Trinajstić information content (AvgIpc) is 2.55. The summed E-state index contributed by atoms with van der Waals surface area (Å²) < 4.78 is 63.4. The van der Waals surface area contributed by atoms with Crippen LogP contribution in [0.1, 0.15) is 18.4 Å². The lowest BCUT2D eigenvalue weighted by Gasteiger charge is -2.07. The van der Waals surface area contributed by atoms with Crippen LogP contribution in [0.5, 0.6) is 5.75 Å². The van der Waals surface area contributed by atoms with Gasteiger partial charge in [-0.05, 0) is 30.5 Å². The van der Waals surface area contributed by atoms with Crippen LogP contribution in [0.2, 0.25) is 0 Å². The van der Waals surface area contributed by atoms with Crippen molar-refractivity contribution in [1.29, 1.82) is 0 Å². The van der Waals surface area contributed by atoms with Crippen molar-refractivity contribution in [3.05, 3.63) is 29.8 Å². The number of aliphatic carboxylic acids is 1. The van der Waals surface area contributed by atoms with Gasteiger partial charge in [-0.25, -0.2) is 9.79 Å². The Morgan fingerprint density at radius 3 is 2.29 bits per heavy atom. The molecule has 160 valence electrons. The number of carboxylic acid groups (broad SMARTS) is 1. The summed E-state index contributed by atoms with van der Waals surface area (Å²) in [6.07, 6.45) is -2.74. The molecule has 0 fully saturated rings. The van der Waals surface area contributed by atoms with E-state index in [1.54, 1.807) is 0 Å². The van der Waals surface area contributed by atoms with Crippen molar-refractivity contribution < 1.29 is 40.4 Å². The molecule has 9 nitrogen and oxygen atoms in total. The van der Waals surface area contributed by atoms with E-state index in [-0.39, 0.29) is 12.6 Å². The maximum absolute atomic E-state index is 10.8. The molecule has 0 saturated heterocycles. The van der Waals surface area contributed by atoms with Gasteiger partial charge in [0.25, 0.3) is 10.1 Å². The Morgan fingerprint density at radius 1 is 1.21 bits per heavy atom. The fourth-order valence-corrected chi connectivity index (χ4v) is 1.94. The number of alkyl halides is 3. The van der Waals surface area contributed by atoms with Crippen LogP contribution in [-0.4, -0.2) is 51.1 Å². The van der Waals surface area contributed by atoms with Gasteiger partial charge in [0.05, 0.1) is 26.0 Å². The van der Waals surface area contributed by atoms with Gasteiger partial charge < -0.3 is 21.3 Å². The predicted molar refractivity (Wildman–Crippen MR) is 95.2 cm³/mol. The van der Waals surface area contributed by atoms with Crippen molar-refractivity contribution in [2.75, 3.05) is 19.5 Å². The number of nitrogens with zero attached hydrogens (tertiary/aromatic N) is 1. The van der Waals surface area contributed by atoms with E-state index in [0.717, 1.165) is 17.6 Å². The van der Waals surface area contributed by atoms with Crippen molar-refractivity contribution in [2.45, 2.75) is 25.6 Å². The number of rotatable bonds is 9. The largest absolute Gasteiger partial charge is 0.494 e. The molecule has 0 radical (unpaired) electrons. The van der Waals surface area contributed by atoms with Gasteiger partial charge >= 0.3 is 12.1 Å². The summed E-state index contributed by atoms with van der Waals surface area (Å²) >= 11 is 0. The Kier molecular flexibility index (Phi) is 10.9. The molecule has 0 spiro atoms. The van der Waals surface area contributed by atoms with Gasteiger partial charge in [-0.3, -0.25) is 4.18 Å². The zero-order valence-electron chi connectivity index (χ0n) is 15.0. The van der Waals surface area contributed by atoms with Crippen LogP contribution in [0.15, 0.2) is 29.3 Å². The normalized spacial score (nSPS) is 11.1. The van der Waals surface area contributed by atoms with E-state index in [9.17, 15) is 21.6 Å². The van der Waals surface area contributed by atoms with Crippen molar-refractivity contribution in [3.8, 4) is 5.75 Å². The predicted octanol–water partition coefficient (Wildman–Crippen LogP) is 1.23. The Hall–Kier alpha value is -2.54. The molecule has 13 heteroatoms. The number of benzene rings is 1. The quantitative estimate of drug-likeness (QED) is 0.229. The average molecular weight is 429 g/mol. The van der Waals surface area contributed by atoms with Crippen LogP contribution in [0.25, 0.3) is 0 Å². The summed E-state index contributed by atoms with van der Waals surface area (Å²) in [6.45, 7) is 1.06. The first-order valence-corrected chi connectivity index (χ1v) is 9.54. The summed E-state index contributed by atoms with van der Waals surface area (Å²) in [5.74, 6) is -1.98. The molecule has 0 aromatic heterocycles. The molecule has 0 unspecified atom stereocenters. The van der Waals surface area contributed by atoms with E-state index in [1.165, 1.54) is 0 Å². The lowest BCUT2D eigenvalue weighted by Crippen LogP contribution is -2.22. The first-order chi connectivity index (χ1) is 12.8. The minimum Gasteiger partial charge on any atom is -0.494 e. The summed E-state index contributed by atoms with van der Waals surface area (Å²) in [7, 11) is -3.36. The molecular weight excluding hydrogens is 407 g/mol. The molecule has 0 saturated carbocycles. The topological polar surface area (TPSA) is 154 Å². The number of unbranched alkanes of at least 4 members (excludes halogenated alkanes) is 1. The van der Waals surface area contributed by atoms with Crippen LogP contribution >= 0.6 is 0 Å². The molecule has 1 rings (SSSR count). The summed E-state index contributed by atoms with van der Waals surface area (Å²) in [4.78, 5) is 12.8. The highest BCUT2D eigenvalue weighted by molar-refractivity contribution is 7.85. The van der Waals surface area contributed by atoms with E-state index in [0.29, 0.717) is 26.0 Å². The highest BCUT2D eigenvalue weighted by Gasteiger charge is 2.38. The molecule has 0 aliphatic heterocycles. The van der Waals surface area contributed by atoms with Gasteiger partial charge in [-0.1, -0.05) is 12.1 Å². The number of aliphatic imine (C=N–C) groups is 1. The molecule has 0 atom stereocenters. The van der Waals surface area contributed by atoms with Crippen LogP contribution < -0.4 is 16.2 Å². The molecule has 5 N–H and O–H groups in total. The van der Waals surface area contributed by atoms with Crippen molar-refractivity contribution >= 4 is 22.0 Å². The maximum atomic E-state index is 10.8. The summed E-state index contributed by atoms with van der Waals surface area (Å²) in [6, 6.07) is 7.46. The first kappa shape index (κ1) is 25.5. The molecule has 1 aromatic carbocycles. The highest BCUT2D eigenvalue weighted by atomic mass is 32.2. The maximum Gasteiger partial charge on any atom is 0.490 e. The van der Waals surface area contributed by atoms with Crippen LogP contribution in [0.4, 0.5) is 13.2 Å². The molecule has 0 bridgehead atoms. The summed E-state index contributed by atoms with van der Waals surface area (Å²) in [5, 5.41) is 7.12. The van der Waals surface area contributed by atoms with Gasteiger partial charge in [0.2, 0.25) is 0 Å². The lowest BCUT2D eigenvalue weighted by atomic mass is 10.2. The third-order valence-corrected chi connectivity index (χ3v) is 3.28. The number of hydrogen-bond acceptors (Lipinski definition) is 6. The number of ether oxygens (including phenoxy) is 1. The number of halogens is 3. The third-order valence-electron chi connectivity index (χ3n) is 2.69. The van der Waals surface area contributed by atoms with E-state index in [1.807, 2.05) is 24.3 Å². The zero-order chi connectivity index (χ0) is 21.8. The zero-order valence-corrected chi connectivity index (χ0v) is 15.8. The number of hydrogen-bond donors (Lipinski definition) is 3. The lowest BCUT2D eigenvalue weighted by molar-refractivity contribution is -0.192. The van der Waals surface area contributed by atoms with Crippen molar-refractivity contribution in [3.63, 3.8) is 0 Å². The highest BCUT2D eigenvalue weighted by Crippen LogP contribution is 2.14. The van der Waals surface area contributed by atoms with Gasteiger partial charge in [0, 0.05) is 0 Å². The number of carboxylic acids is 1. The van der Waals surface area contributed by atoms with Crippen LogP contribution in [-0.2, 0) is 25.6 Å². The van der Waals surface area contributed by atoms with E-state index in [2.05, 4.69) is 9.18 Å². The Morgan fingerprint density at radius 2 is 1.79 bits per heavy atom. The van der Waals surface area contributed by atoms with Gasteiger partial charge in [0.1, 0.15) is 5.75 Å². The minimum absolute atomic E-state index is 0.0483. The van der Waals surface area contributed by atoms with E-state index in [4.69, 9.17) is 26.1 Å². The fraction of sp³-hybridized carbons (Fsp3) is 0.467. The monoisotopic (exact) mass is 429 g/mol. The van der Waals surface area contributed by atoms with Gasteiger partial charge in [-0.2, -0.15) is 21.6 Å². The second-order valence-electron chi connectivity index (χ2n) is 5.27. The fourth-order valence-electron chi connectivity index (χ4n) is 1.52. The number of guanidine groups is 1. The number of carbonyl (C=O) groups is 1. The Labute approximate surface area is 160 Å². The molecule has 28 heavy (non-hydrogen) atoms. The third kappa shape index (κ3) is 14.6. The smallest absolute Gasteiger partial charge is 0.490 e. The van der Waals surface area contributed by atoms with Crippen LogP contribution in [0.3, 0.4) is 0 Å². The molecule has 0 aliphatic carbocycles. The van der Waals surface area contributed by atoms with Gasteiger partial charge in [0.15, 0.2) is 5.96 Å². The SMILES string of the molecule is CS(=O)(=O)OCCCCOc1cccc(CN=C(N)N)c1.O=C(O)C(F)(F)F. The molecular formula is C15H22F3N3O6S. The molecule has 0 heterocycles. The minimum atomic E-state index is -5.08. The molecule has 0 amide bonds. The van der Waals surface area contributed by atoms with Crippen LogP contribution in [0, 0.1) is 0 Å². The molecule has 0 aliphatic rings. The Balaban J connectivity index is 0.000000887. The van der Waals surface area contributed by atoms with Gasteiger partial charge in [-0.15, -0.1) is 0 Å². The van der Waals surface area contributed by atoms with E-state index < -0.39 is 22.3 Å². The second kappa shape index (κ2) is 12.0. The van der Waals surface area contributed by atoms with Crippen molar-refractivity contribution in [1.82, 2.24) is 0 Å². The van der Waals surface area contributed by atoms with Crippen molar-refractivity contribution in [2.24, 2.45) is 16.5 Å². The second-order valence-corrected chi connectivity index (χ2v) is 6.92. The first-order valence-electron chi connectivity index (χ1n) is 7.73. The van der Waals surface area contributed by atoms with E-state index >= 15 is 0 Å². The summed E-state index contributed by atoms with van der Waals surface area (Å²) in [5.41, 5.74) is 11.5.